The monoisotopic (exact) mass is 381 g/mol. The van der Waals surface area contributed by atoms with Gasteiger partial charge in [-0.05, 0) is 61.1 Å². The van der Waals surface area contributed by atoms with Gasteiger partial charge < -0.3 is 9.64 Å². The predicted octanol–water partition coefficient (Wildman–Crippen LogP) is 5.48. The molecule has 2 saturated carbocycles. The van der Waals surface area contributed by atoms with Crippen molar-refractivity contribution in [2.75, 3.05) is 0 Å². The van der Waals surface area contributed by atoms with Crippen molar-refractivity contribution in [1.29, 1.82) is 0 Å². The molecule has 0 spiro atoms. The fourth-order valence-electron chi connectivity index (χ4n) is 4.17. The van der Waals surface area contributed by atoms with E-state index in [0.29, 0.717) is 25.1 Å². The van der Waals surface area contributed by atoms with E-state index < -0.39 is 0 Å². The summed E-state index contributed by atoms with van der Waals surface area (Å²) in [5.74, 6) is 1.12. The zero-order valence-electron chi connectivity index (χ0n) is 16.3. The minimum absolute atomic E-state index is 0.235. The summed E-state index contributed by atoms with van der Waals surface area (Å²) in [5, 5.41) is 0. The lowest BCUT2D eigenvalue weighted by Gasteiger charge is -2.35. The molecule has 0 heterocycles. The second-order valence-corrected chi connectivity index (χ2v) is 8.09. The number of nitrogens with zero attached hydrogens (tertiary/aromatic N) is 1. The van der Waals surface area contributed by atoms with Gasteiger partial charge in [-0.3, -0.25) is 4.79 Å². The van der Waals surface area contributed by atoms with Crippen LogP contribution in [0.3, 0.4) is 0 Å². The van der Waals surface area contributed by atoms with Crippen molar-refractivity contribution < 1.29 is 13.9 Å². The van der Waals surface area contributed by atoms with Crippen LogP contribution in [0.15, 0.2) is 48.5 Å². The molecular weight excluding hydrogens is 353 g/mol. The smallest absolute Gasteiger partial charge is 0.226 e. The van der Waals surface area contributed by atoms with E-state index in [9.17, 15) is 9.18 Å². The molecule has 0 N–H and O–H groups in total. The van der Waals surface area contributed by atoms with Gasteiger partial charge in [-0.1, -0.05) is 43.5 Å². The Labute approximate surface area is 166 Å². The number of hydrogen-bond donors (Lipinski definition) is 0. The van der Waals surface area contributed by atoms with Crippen LogP contribution in [0.25, 0.3) is 0 Å². The molecule has 0 aromatic heterocycles. The molecule has 2 aromatic carbocycles. The van der Waals surface area contributed by atoms with Crippen LogP contribution in [0.4, 0.5) is 4.39 Å². The summed E-state index contributed by atoms with van der Waals surface area (Å²) in [6.45, 7) is 1.06. The van der Waals surface area contributed by atoms with E-state index in [1.54, 1.807) is 12.1 Å². The zero-order valence-corrected chi connectivity index (χ0v) is 16.3. The maximum Gasteiger partial charge on any atom is 0.226 e. The van der Waals surface area contributed by atoms with Crippen molar-refractivity contribution in [3.63, 3.8) is 0 Å². The largest absolute Gasteiger partial charge is 0.489 e. The normalized spacial score (nSPS) is 17.3. The van der Waals surface area contributed by atoms with Crippen molar-refractivity contribution in [3.05, 3.63) is 65.5 Å². The van der Waals surface area contributed by atoms with Gasteiger partial charge in [-0.25, -0.2) is 4.39 Å². The maximum atomic E-state index is 13.0. The van der Waals surface area contributed by atoms with Gasteiger partial charge >= 0.3 is 0 Å². The van der Waals surface area contributed by atoms with E-state index in [2.05, 4.69) is 11.0 Å². The highest BCUT2D eigenvalue weighted by molar-refractivity contribution is 5.80. The molecule has 0 bridgehead atoms. The SMILES string of the molecule is O=C(C1CCC1)N(Cc1cccc(OCc2ccc(F)cc2)c1)C1CCCC1. The van der Waals surface area contributed by atoms with Gasteiger partial charge in [-0.2, -0.15) is 0 Å². The predicted molar refractivity (Wildman–Crippen MR) is 107 cm³/mol. The highest BCUT2D eigenvalue weighted by atomic mass is 19.1. The number of carbonyl (C=O) groups is 1. The third-order valence-corrected chi connectivity index (χ3v) is 6.07. The Morgan fingerprint density at radius 1 is 0.964 bits per heavy atom. The van der Waals surface area contributed by atoms with Crippen molar-refractivity contribution in [1.82, 2.24) is 4.90 Å². The summed E-state index contributed by atoms with van der Waals surface area (Å²) in [6.07, 6.45) is 7.96. The van der Waals surface area contributed by atoms with E-state index in [0.717, 1.165) is 42.6 Å². The van der Waals surface area contributed by atoms with E-state index >= 15 is 0 Å². The van der Waals surface area contributed by atoms with Gasteiger partial charge in [0.25, 0.3) is 0 Å². The van der Waals surface area contributed by atoms with Gasteiger partial charge in [0.15, 0.2) is 0 Å². The maximum absolute atomic E-state index is 13.0. The first kappa shape index (κ1) is 19.0. The highest BCUT2D eigenvalue weighted by Gasteiger charge is 2.34. The Balaban J connectivity index is 1.42. The fraction of sp³-hybridized carbons (Fsp3) is 0.458. The topological polar surface area (TPSA) is 29.5 Å². The molecule has 0 saturated heterocycles. The molecule has 3 nitrogen and oxygen atoms in total. The molecule has 4 rings (SSSR count). The van der Waals surface area contributed by atoms with Gasteiger partial charge in [-0.15, -0.1) is 0 Å². The molecule has 1 amide bonds. The lowest BCUT2D eigenvalue weighted by atomic mass is 9.84. The molecule has 148 valence electrons. The van der Waals surface area contributed by atoms with Crippen LogP contribution >= 0.6 is 0 Å². The molecule has 2 aromatic rings. The molecule has 0 atom stereocenters. The first-order valence-corrected chi connectivity index (χ1v) is 10.5. The summed E-state index contributed by atoms with van der Waals surface area (Å²) in [7, 11) is 0. The molecule has 2 aliphatic carbocycles. The number of benzene rings is 2. The number of halogens is 1. The molecular formula is C24H28FNO2. The van der Waals surface area contributed by atoms with Crippen LogP contribution in [0.1, 0.15) is 56.1 Å². The van der Waals surface area contributed by atoms with E-state index in [4.69, 9.17) is 4.74 Å². The van der Waals surface area contributed by atoms with Crippen LogP contribution in [-0.4, -0.2) is 16.8 Å². The molecule has 28 heavy (non-hydrogen) atoms. The minimum Gasteiger partial charge on any atom is -0.489 e. The summed E-state index contributed by atoms with van der Waals surface area (Å²) >= 11 is 0. The number of rotatable bonds is 7. The Kier molecular flexibility index (Phi) is 5.94. The number of carbonyl (C=O) groups excluding carboxylic acids is 1. The van der Waals surface area contributed by atoms with Crippen molar-refractivity contribution in [2.24, 2.45) is 5.92 Å². The Morgan fingerprint density at radius 3 is 2.39 bits per heavy atom. The van der Waals surface area contributed by atoms with Crippen LogP contribution in [0.2, 0.25) is 0 Å². The van der Waals surface area contributed by atoms with Crippen LogP contribution in [0, 0.1) is 11.7 Å². The first-order valence-electron chi connectivity index (χ1n) is 10.5. The van der Waals surface area contributed by atoms with Gasteiger partial charge in [0, 0.05) is 18.5 Å². The summed E-state index contributed by atoms with van der Waals surface area (Å²) in [6, 6.07) is 14.8. The molecule has 2 aliphatic rings. The Hall–Kier alpha value is -2.36. The number of ether oxygens (including phenoxy) is 1. The zero-order chi connectivity index (χ0) is 19.3. The van der Waals surface area contributed by atoms with E-state index in [-0.39, 0.29) is 11.7 Å². The average Bonchev–Trinajstić information content (AvgIpc) is 3.19. The summed E-state index contributed by atoms with van der Waals surface area (Å²) in [5.41, 5.74) is 2.04. The second kappa shape index (κ2) is 8.76. The quantitative estimate of drug-likeness (QED) is 0.636. The van der Waals surface area contributed by atoms with Gasteiger partial charge in [0.2, 0.25) is 5.91 Å². The lowest BCUT2D eigenvalue weighted by molar-refractivity contribution is -0.141. The van der Waals surface area contributed by atoms with Crippen LogP contribution in [0.5, 0.6) is 5.75 Å². The van der Waals surface area contributed by atoms with Crippen LogP contribution in [-0.2, 0) is 17.9 Å². The number of hydrogen-bond acceptors (Lipinski definition) is 2. The van der Waals surface area contributed by atoms with Gasteiger partial charge in [0.05, 0.1) is 0 Å². The Morgan fingerprint density at radius 2 is 1.71 bits per heavy atom. The first-order chi connectivity index (χ1) is 13.7. The Bertz CT molecular complexity index is 795. The van der Waals surface area contributed by atoms with Crippen molar-refractivity contribution in [3.8, 4) is 5.75 Å². The molecule has 2 fully saturated rings. The third-order valence-electron chi connectivity index (χ3n) is 6.07. The van der Waals surface area contributed by atoms with Crippen LogP contribution < -0.4 is 4.74 Å². The highest BCUT2D eigenvalue weighted by Crippen LogP contribution is 2.33. The lowest BCUT2D eigenvalue weighted by Crippen LogP contribution is -2.43. The van der Waals surface area contributed by atoms with Gasteiger partial charge in [0.1, 0.15) is 18.2 Å². The summed E-state index contributed by atoms with van der Waals surface area (Å²) in [4.78, 5) is 15.1. The second-order valence-electron chi connectivity index (χ2n) is 8.09. The third kappa shape index (κ3) is 4.54. The minimum atomic E-state index is -0.242. The number of amides is 1. The molecule has 0 unspecified atom stereocenters. The van der Waals surface area contributed by atoms with Crippen molar-refractivity contribution in [2.45, 2.75) is 64.1 Å². The molecule has 4 heteroatoms. The standard InChI is InChI=1S/C24H28FNO2/c25-21-13-11-18(12-14-21)17-28-23-10-3-5-19(15-23)16-26(22-8-1-2-9-22)24(27)20-6-4-7-20/h3,5,10-15,20,22H,1-2,4,6-9,16-17H2. The molecule has 0 radical (unpaired) electrons. The molecule has 0 aliphatic heterocycles. The summed E-state index contributed by atoms with van der Waals surface area (Å²) < 4.78 is 18.9. The van der Waals surface area contributed by atoms with E-state index in [1.165, 1.54) is 31.4 Å². The average molecular weight is 381 g/mol. The van der Waals surface area contributed by atoms with Crippen molar-refractivity contribution >= 4 is 5.91 Å². The van der Waals surface area contributed by atoms with E-state index in [1.807, 2.05) is 18.2 Å². The fourth-order valence-corrected chi connectivity index (χ4v) is 4.17.